The molecule has 0 aromatic heterocycles. The maximum absolute atomic E-state index is 13.4. The maximum atomic E-state index is 13.4. The first-order valence-corrected chi connectivity index (χ1v) is 10.6. The van der Waals surface area contributed by atoms with Crippen LogP contribution < -0.4 is 20.1 Å². The number of carbonyl (C=O) groups is 1. The molecule has 168 valence electrons. The second kappa shape index (κ2) is 10.0. The van der Waals surface area contributed by atoms with Crippen LogP contribution >= 0.6 is 0 Å². The fourth-order valence-electron chi connectivity index (χ4n) is 4.21. The Labute approximate surface area is 183 Å². The van der Waals surface area contributed by atoms with Gasteiger partial charge in [0.1, 0.15) is 5.82 Å². The fraction of sp³-hybridized carbons (Fsp3) is 0.458. The van der Waals surface area contributed by atoms with E-state index in [1.54, 1.807) is 26.4 Å². The van der Waals surface area contributed by atoms with Crippen LogP contribution in [0.3, 0.4) is 0 Å². The Morgan fingerprint density at radius 3 is 2.35 bits per heavy atom. The number of nitrogens with one attached hydrogen (secondary N) is 2. The topological polar surface area (TPSA) is 62.8 Å². The molecule has 1 heterocycles. The van der Waals surface area contributed by atoms with Crippen LogP contribution in [0.15, 0.2) is 36.4 Å². The molecule has 7 heteroatoms. The van der Waals surface area contributed by atoms with Gasteiger partial charge in [0, 0.05) is 25.2 Å². The molecular weight excluding hydrogens is 397 g/mol. The summed E-state index contributed by atoms with van der Waals surface area (Å²) in [4.78, 5) is 14.7. The highest BCUT2D eigenvalue weighted by Gasteiger charge is 2.33. The van der Waals surface area contributed by atoms with E-state index in [4.69, 9.17) is 9.47 Å². The summed E-state index contributed by atoms with van der Waals surface area (Å²) in [6.45, 7) is 7.32. The molecule has 0 saturated heterocycles. The Bertz CT molecular complexity index is 902. The van der Waals surface area contributed by atoms with E-state index in [2.05, 4.69) is 15.5 Å². The number of benzene rings is 2. The first-order valence-electron chi connectivity index (χ1n) is 10.6. The third kappa shape index (κ3) is 5.47. The van der Waals surface area contributed by atoms with Crippen molar-refractivity contribution in [3.05, 3.63) is 58.9 Å². The minimum Gasteiger partial charge on any atom is -0.493 e. The first-order chi connectivity index (χ1) is 14.8. The van der Waals surface area contributed by atoms with Gasteiger partial charge in [-0.2, -0.15) is 0 Å². The summed E-state index contributed by atoms with van der Waals surface area (Å²) in [7, 11) is 3.25. The molecular formula is C24H32FN3O3. The molecule has 1 aliphatic rings. The van der Waals surface area contributed by atoms with Gasteiger partial charge in [-0.25, -0.2) is 9.18 Å². The van der Waals surface area contributed by atoms with E-state index in [0.29, 0.717) is 18.0 Å². The fourth-order valence-corrected chi connectivity index (χ4v) is 4.21. The lowest BCUT2D eigenvalue weighted by atomic mass is 9.87. The van der Waals surface area contributed by atoms with Gasteiger partial charge in [-0.15, -0.1) is 0 Å². The Morgan fingerprint density at radius 1 is 1.10 bits per heavy atom. The van der Waals surface area contributed by atoms with Crippen LogP contribution in [0.2, 0.25) is 0 Å². The summed E-state index contributed by atoms with van der Waals surface area (Å²) in [5.74, 6) is 1.11. The number of nitrogens with zero attached hydrogens (tertiary/aromatic N) is 1. The Hall–Kier alpha value is -2.80. The van der Waals surface area contributed by atoms with Crippen molar-refractivity contribution in [2.45, 2.75) is 51.9 Å². The third-order valence-corrected chi connectivity index (χ3v) is 5.58. The van der Waals surface area contributed by atoms with E-state index in [0.717, 1.165) is 24.1 Å². The molecule has 31 heavy (non-hydrogen) atoms. The Morgan fingerprint density at radius 2 is 1.74 bits per heavy atom. The first kappa shape index (κ1) is 22.9. The van der Waals surface area contributed by atoms with Gasteiger partial charge in [-0.3, -0.25) is 4.90 Å². The molecule has 0 radical (unpaired) electrons. The number of fused-ring (bicyclic) bond motifs is 1. The molecule has 0 aliphatic carbocycles. The number of ether oxygens (including phenoxy) is 2. The third-order valence-electron chi connectivity index (χ3n) is 5.58. The van der Waals surface area contributed by atoms with Crippen molar-refractivity contribution in [3.8, 4) is 11.5 Å². The van der Waals surface area contributed by atoms with Crippen molar-refractivity contribution in [1.29, 1.82) is 0 Å². The summed E-state index contributed by atoms with van der Waals surface area (Å²) >= 11 is 0. The Kier molecular flexibility index (Phi) is 7.38. The number of rotatable bonds is 7. The van der Waals surface area contributed by atoms with Gasteiger partial charge in [0.25, 0.3) is 0 Å². The summed E-state index contributed by atoms with van der Waals surface area (Å²) in [5.41, 5.74) is 3.30. The number of amides is 2. The molecule has 0 fully saturated rings. The van der Waals surface area contributed by atoms with Crippen molar-refractivity contribution in [2.24, 2.45) is 0 Å². The van der Waals surface area contributed by atoms with Gasteiger partial charge in [-0.05, 0) is 68.1 Å². The monoisotopic (exact) mass is 429 g/mol. The van der Waals surface area contributed by atoms with E-state index in [1.165, 1.54) is 17.7 Å². The molecule has 1 aliphatic heterocycles. The number of hydrogen-bond donors (Lipinski definition) is 2. The summed E-state index contributed by atoms with van der Waals surface area (Å²) < 4.78 is 24.4. The molecule has 2 aromatic rings. The zero-order valence-electron chi connectivity index (χ0n) is 18.9. The van der Waals surface area contributed by atoms with Crippen LogP contribution in [0.5, 0.6) is 11.5 Å². The van der Waals surface area contributed by atoms with Crippen LogP contribution in [0, 0.1) is 5.82 Å². The van der Waals surface area contributed by atoms with Crippen LogP contribution in [0.1, 0.15) is 43.5 Å². The maximum Gasteiger partial charge on any atom is 0.315 e. The van der Waals surface area contributed by atoms with E-state index in [-0.39, 0.29) is 30.0 Å². The van der Waals surface area contributed by atoms with Gasteiger partial charge in [0.15, 0.2) is 11.5 Å². The van der Waals surface area contributed by atoms with Crippen LogP contribution in [0.25, 0.3) is 0 Å². The molecule has 2 aromatic carbocycles. The quantitative estimate of drug-likeness (QED) is 0.697. The predicted molar refractivity (Wildman–Crippen MR) is 119 cm³/mol. The second-order valence-electron chi connectivity index (χ2n) is 8.26. The lowest BCUT2D eigenvalue weighted by Gasteiger charge is -2.41. The molecule has 0 spiro atoms. The molecule has 3 rings (SSSR count). The smallest absolute Gasteiger partial charge is 0.315 e. The number of methoxy groups -OCH3 is 2. The number of urea groups is 1. The number of hydrogen-bond acceptors (Lipinski definition) is 4. The van der Waals surface area contributed by atoms with Gasteiger partial charge in [0.2, 0.25) is 0 Å². The molecule has 2 atom stereocenters. The number of carbonyl (C=O) groups excluding carboxylic acids is 1. The average Bonchev–Trinajstić information content (AvgIpc) is 2.73. The zero-order valence-corrected chi connectivity index (χ0v) is 18.9. The van der Waals surface area contributed by atoms with Crippen molar-refractivity contribution in [3.63, 3.8) is 0 Å². The predicted octanol–water partition coefficient (Wildman–Crippen LogP) is 4.04. The molecule has 2 N–H and O–H groups in total. The average molecular weight is 430 g/mol. The zero-order chi connectivity index (χ0) is 22.5. The molecule has 2 amide bonds. The second-order valence-corrected chi connectivity index (χ2v) is 8.26. The van der Waals surface area contributed by atoms with Gasteiger partial charge in [-0.1, -0.05) is 12.1 Å². The summed E-state index contributed by atoms with van der Waals surface area (Å²) in [6.07, 6.45) is 0.846. The summed E-state index contributed by atoms with van der Waals surface area (Å²) in [6, 6.07) is 10.2. The van der Waals surface area contributed by atoms with Gasteiger partial charge >= 0.3 is 6.03 Å². The van der Waals surface area contributed by atoms with E-state index < -0.39 is 0 Å². The molecule has 2 unspecified atom stereocenters. The largest absolute Gasteiger partial charge is 0.493 e. The van der Waals surface area contributed by atoms with E-state index in [1.807, 2.05) is 32.9 Å². The van der Waals surface area contributed by atoms with Crippen molar-refractivity contribution >= 4 is 6.03 Å². The highest BCUT2D eigenvalue weighted by Crippen LogP contribution is 2.40. The SMILES string of the molecule is COc1cc2c(cc1OC)C(C(C)NC(=O)NC(C)C)N(Cc1ccc(F)cc1)CC2. The van der Waals surface area contributed by atoms with Gasteiger partial charge < -0.3 is 20.1 Å². The van der Waals surface area contributed by atoms with Crippen molar-refractivity contribution in [2.75, 3.05) is 20.8 Å². The van der Waals surface area contributed by atoms with E-state index in [9.17, 15) is 9.18 Å². The van der Waals surface area contributed by atoms with Crippen molar-refractivity contribution < 1.29 is 18.7 Å². The Balaban J connectivity index is 1.95. The highest BCUT2D eigenvalue weighted by atomic mass is 19.1. The standard InChI is InChI=1S/C24H32FN3O3/c1-15(2)26-24(29)27-16(3)23-20-13-22(31-5)21(30-4)12-18(20)10-11-28(23)14-17-6-8-19(25)9-7-17/h6-9,12-13,15-16,23H,10-11,14H2,1-5H3,(H2,26,27,29). The molecule has 0 saturated carbocycles. The number of halogens is 1. The molecule has 6 nitrogen and oxygen atoms in total. The highest BCUT2D eigenvalue weighted by molar-refractivity contribution is 5.74. The lowest BCUT2D eigenvalue weighted by Crippen LogP contribution is -2.50. The summed E-state index contributed by atoms with van der Waals surface area (Å²) in [5, 5.41) is 5.98. The normalized spacial score (nSPS) is 17.1. The minimum atomic E-state index is -0.249. The lowest BCUT2D eigenvalue weighted by molar-refractivity contribution is 0.143. The van der Waals surface area contributed by atoms with E-state index >= 15 is 0 Å². The minimum absolute atomic E-state index is 0.0468. The van der Waals surface area contributed by atoms with Gasteiger partial charge in [0.05, 0.1) is 20.3 Å². The van der Waals surface area contributed by atoms with Crippen molar-refractivity contribution in [1.82, 2.24) is 15.5 Å². The van der Waals surface area contributed by atoms with Crippen LogP contribution in [-0.2, 0) is 13.0 Å². The van der Waals surface area contributed by atoms with Crippen LogP contribution in [0.4, 0.5) is 9.18 Å². The van der Waals surface area contributed by atoms with Crippen LogP contribution in [-0.4, -0.2) is 43.8 Å². The molecule has 0 bridgehead atoms.